The Kier molecular flexibility index (Phi) is 10.1. The van der Waals surface area contributed by atoms with Crippen molar-refractivity contribution in [3.63, 3.8) is 0 Å². The second-order valence-corrected chi connectivity index (χ2v) is 12.8. The molecule has 0 nitrogen and oxygen atoms in total. The summed E-state index contributed by atoms with van der Waals surface area (Å²) in [5, 5.41) is 4.91. The van der Waals surface area contributed by atoms with E-state index in [0.29, 0.717) is 0 Å². The van der Waals surface area contributed by atoms with Crippen molar-refractivity contribution in [3.8, 4) is 22.3 Å². The maximum absolute atomic E-state index is 4.79. The van der Waals surface area contributed by atoms with Gasteiger partial charge in [0.25, 0.3) is 0 Å². The molecule has 0 saturated carbocycles. The first-order valence-electron chi connectivity index (χ1n) is 17.7. The van der Waals surface area contributed by atoms with Crippen LogP contribution in [0.1, 0.15) is 36.1 Å². The van der Waals surface area contributed by atoms with Crippen molar-refractivity contribution < 1.29 is 0 Å². The predicted molar refractivity (Wildman–Crippen MR) is 224 cm³/mol. The smallest absolute Gasteiger partial charge is 0.00321 e. The van der Waals surface area contributed by atoms with Gasteiger partial charge in [0.1, 0.15) is 0 Å². The number of hydrogen-bond acceptors (Lipinski definition) is 0. The topological polar surface area (TPSA) is 0 Å². The lowest BCUT2D eigenvalue weighted by Crippen LogP contribution is -1.97. The molecule has 246 valence electrons. The highest BCUT2D eigenvalue weighted by atomic mass is 14.2. The van der Waals surface area contributed by atoms with Gasteiger partial charge < -0.3 is 0 Å². The fourth-order valence-electron chi connectivity index (χ4n) is 7.10. The molecule has 0 spiro atoms. The fraction of sp³-hybridized carbons (Fsp3) is 0.0588. The van der Waals surface area contributed by atoms with Crippen LogP contribution in [0.2, 0.25) is 0 Å². The Labute approximate surface area is 302 Å². The van der Waals surface area contributed by atoms with Crippen LogP contribution in [0, 0.1) is 0 Å². The number of rotatable bonds is 10. The molecule has 0 heterocycles. The van der Waals surface area contributed by atoms with Crippen LogP contribution in [0.3, 0.4) is 0 Å². The van der Waals surface area contributed by atoms with Gasteiger partial charge in [-0.1, -0.05) is 183 Å². The average molecular weight is 655 g/mol. The molecule has 0 radical (unpaired) electrons. The van der Waals surface area contributed by atoms with Crippen LogP contribution in [0.25, 0.3) is 60.5 Å². The predicted octanol–water partition coefficient (Wildman–Crippen LogP) is 14.2. The van der Waals surface area contributed by atoms with Crippen LogP contribution in [0.15, 0.2) is 201 Å². The lowest BCUT2D eigenvalue weighted by molar-refractivity contribution is 1.33. The van der Waals surface area contributed by atoms with Crippen molar-refractivity contribution in [2.75, 3.05) is 0 Å². The molecule has 0 heteroatoms. The van der Waals surface area contributed by atoms with Crippen molar-refractivity contribution in [2.45, 2.75) is 20.3 Å². The molecule has 0 saturated heterocycles. The molecule has 0 aromatic heterocycles. The van der Waals surface area contributed by atoms with Crippen molar-refractivity contribution in [1.82, 2.24) is 0 Å². The number of fused-ring (bicyclic) bond motifs is 2. The highest BCUT2D eigenvalue weighted by Gasteiger charge is 2.18. The Bertz CT molecular complexity index is 2420. The molecular weight excluding hydrogens is 613 g/mol. The van der Waals surface area contributed by atoms with Crippen LogP contribution in [-0.4, -0.2) is 0 Å². The van der Waals surface area contributed by atoms with E-state index in [2.05, 4.69) is 208 Å². The average Bonchev–Trinajstić information content (AvgIpc) is 3.19. The quantitative estimate of drug-likeness (QED) is 0.102. The van der Waals surface area contributed by atoms with Crippen LogP contribution in [0.4, 0.5) is 0 Å². The zero-order valence-corrected chi connectivity index (χ0v) is 29.4. The van der Waals surface area contributed by atoms with Gasteiger partial charge in [0.05, 0.1) is 0 Å². The summed E-state index contributed by atoms with van der Waals surface area (Å²) in [5.41, 5.74) is 13.0. The fourth-order valence-corrected chi connectivity index (χ4v) is 7.10. The number of hydrogen-bond donors (Lipinski definition) is 0. The molecule has 0 amide bonds. The molecule has 0 bridgehead atoms. The normalized spacial score (nSPS) is 12.4. The summed E-state index contributed by atoms with van der Waals surface area (Å²) in [7, 11) is 0. The van der Waals surface area contributed by atoms with Gasteiger partial charge in [0.15, 0.2) is 0 Å². The summed E-state index contributed by atoms with van der Waals surface area (Å²) >= 11 is 0. The van der Waals surface area contributed by atoms with Gasteiger partial charge in [0, 0.05) is 0 Å². The lowest BCUT2D eigenvalue weighted by atomic mass is 9.84. The minimum atomic E-state index is 0.779. The molecule has 7 aromatic rings. The number of benzene rings is 7. The molecule has 0 aliphatic rings. The van der Waals surface area contributed by atoms with Crippen molar-refractivity contribution in [3.05, 3.63) is 223 Å². The Morgan fingerprint density at radius 2 is 0.941 bits per heavy atom. The molecule has 7 aromatic carbocycles. The van der Waals surface area contributed by atoms with Gasteiger partial charge in [-0.2, -0.15) is 0 Å². The van der Waals surface area contributed by atoms with E-state index in [1.54, 1.807) is 0 Å². The van der Waals surface area contributed by atoms with E-state index in [1.165, 1.54) is 71.6 Å². The lowest BCUT2D eigenvalue weighted by Gasteiger charge is -2.19. The molecular formula is C51H42. The van der Waals surface area contributed by atoms with Crippen LogP contribution >= 0.6 is 0 Å². The molecule has 7 rings (SSSR count). The van der Waals surface area contributed by atoms with Gasteiger partial charge in [-0.3, -0.25) is 0 Å². The monoisotopic (exact) mass is 654 g/mol. The van der Waals surface area contributed by atoms with E-state index >= 15 is 0 Å². The van der Waals surface area contributed by atoms with Gasteiger partial charge in [-0.15, -0.1) is 0 Å². The standard InChI is InChI=1S/C51H42/c1-4-18-38(39-20-10-6-11-21-39)28-31-46-47-32-29-45(42-26-16-9-17-27-42)36-50(47)51(37(3)34-43(19-5-2)40-22-12-7-13-23-40)48-33-30-44(35-49(46)48)41-24-14-8-15-25-41/h4-30,32-36H,3,31H2,1-2H3/b18-4-,19-5-,38-28+,43-34+. The van der Waals surface area contributed by atoms with E-state index in [9.17, 15) is 0 Å². The zero-order valence-electron chi connectivity index (χ0n) is 29.4. The minimum Gasteiger partial charge on any atom is -0.0911 e. The second kappa shape index (κ2) is 15.5. The number of allylic oxidation sites excluding steroid dienone is 9. The van der Waals surface area contributed by atoms with Crippen molar-refractivity contribution in [2.24, 2.45) is 0 Å². The SMILES string of the molecule is C=C(/C=C(\C=C/C)c1ccccc1)c1c2ccc(-c3ccccc3)cc2c(C/C=C(\C=C/C)c2ccccc2)c2ccc(-c3ccccc3)cc12. The van der Waals surface area contributed by atoms with Gasteiger partial charge in [-0.25, -0.2) is 0 Å². The Balaban J connectivity index is 1.54. The van der Waals surface area contributed by atoms with Crippen LogP contribution in [0.5, 0.6) is 0 Å². The Morgan fingerprint density at radius 1 is 0.471 bits per heavy atom. The molecule has 0 fully saturated rings. The summed E-state index contributed by atoms with van der Waals surface area (Å²) in [6, 6.07) is 56.6. The third-order valence-corrected chi connectivity index (χ3v) is 9.53. The minimum absolute atomic E-state index is 0.779. The molecule has 0 aliphatic carbocycles. The highest BCUT2D eigenvalue weighted by Crippen LogP contribution is 2.41. The Morgan fingerprint density at radius 3 is 1.49 bits per heavy atom. The third-order valence-electron chi connectivity index (χ3n) is 9.53. The first-order chi connectivity index (χ1) is 25.1. The molecule has 0 aliphatic heterocycles. The second-order valence-electron chi connectivity index (χ2n) is 12.8. The summed E-state index contributed by atoms with van der Waals surface area (Å²) in [5.74, 6) is 0. The molecule has 51 heavy (non-hydrogen) atoms. The van der Waals surface area contributed by atoms with Gasteiger partial charge >= 0.3 is 0 Å². The maximum atomic E-state index is 4.79. The summed E-state index contributed by atoms with van der Waals surface area (Å²) in [4.78, 5) is 0. The van der Waals surface area contributed by atoms with Gasteiger partial charge in [-0.05, 0) is 121 Å². The zero-order chi connectivity index (χ0) is 35.0. The van der Waals surface area contributed by atoms with Crippen LogP contribution < -0.4 is 0 Å². The van der Waals surface area contributed by atoms with Crippen LogP contribution in [-0.2, 0) is 6.42 Å². The maximum Gasteiger partial charge on any atom is -0.00321 e. The van der Waals surface area contributed by atoms with Gasteiger partial charge in [0.2, 0.25) is 0 Å². The summed E-state index contributed by atoms with van der Waals surface area (Å²) in [6.07, 6.45) is 14.0. The van der Waals surface area contributed by atoms with Crippen molar-refractivity contribution >= 4 is 38.3 Å². The van der Waals surface area contributed by atoms with E-state index < -0.39 is 0 Å². The highest BCUT2D eigenvalue weighted by molar-refractivity contribution is 6.15. The Hall–Kier alpha value is -6.24. The summed E-state index contributed by atoms with van der Waals surface area (Å²) in [6.45, 7) is 8.95. The first-order valence-corrected chi connectivity index (χ1v) is 17.7. The van der Waals surface area contributed by atoms with E-state index in [1.807, 2.05) is 0 Å². The van der Waals surface area contributed by atoms with E-state index in [0.717, 1.165) is 17.6 Å². The summed E-state index contributed by atoms with van der Waals surface area (Å²) < 4.78 is 0. The first kappa shape index (κ1) is 33.3. The van der Waals surface area contributed by atoms with Crippen molar-refractivity contribution in [1.29, 1.82) is 0 Å². The van der Waals surface area contributed by atoms with E-state index in [4.69, 9.17) is 6.58 Å². The molecule has 0 unspecified atom stereocenters. The third kappa shape index (κ3) is 7.23. The van der Waals surface area contributed by atoms with E-state index in [-0.39, 0.29) is 0 Å². The molecule has 0 N–H and O–H groups in total. The largest absolute Gasteiger partial charge is 0.0911 e. The molecule has 0 atom stereocenters.